The first-order valence-electron chi connectivity index (χ1n) is 12.4. The van der Waals surface area contributed by atoms with Crippen molar-refractivity contribution in [1.82, 2.24) is 5.32 Å². The molecule has 1 amide bonds. The predicted octanol–water partition coefficient (Wildman–Crippen LogP) is 6.04. The molecule has 0 heterocycles. The lowest BCUT2D eigenvalue weighted by atomic mass is 9.83. The van der Waals surface area contributed by atoms with Gasteiger partial charge in [0.05, 0.1) is 11.1 Å². The Bertz CT molecular complexity index is 976. The Kier molecular flexibility index (Phi) is 14.1. The summed E-state index contributed by atoms with van der Waals surface area (Å²) < 4.78 is 14.3. The summed E-state index contributed by atoms with van der Waals surface area (Å²) in [5, 5.41) is 22.5. The fourth-order valence-electron chi connectivity index (χ4n) is 4.08. The van der Waals surface area contributed by atoms with Gasteiger partial charge in [-0.25, -0.2) is 4.39 Å². The Morgan fingerprint density at radius 1 is 1.16 bits per heavy atom. The number of hydrogen-bond acceptors (Lipinski definition) is 5. The van der Waals surface area contributed by atoms with Gasteiger partial charge in [0, 0.05) is 35.9 Å². The Hall–Kier alpha value is -1.74. The number of amides is 1. The second-order valence-corrected chi connectivity index (χ2v) is 11.5. The van der Waals surface area contributed by atoms with Gasteiger partial charge in [-0.15, -0.1) is 0 Å². The summed E-state index contributed by atoms with van der Waals surface area (Å²) in [4.78, 5) is 11.1. The van der Waals surface area contributed by atoms with E-state index in [-0.39, 0.29) is 34.5 Å². The van der Waals surface area contributed by atoms with E-state index < -0.39 is 5.82 Å². The third kappa shape index (κ3) is 11.3. The fourth-order valence-corrected chi connectivity index (χ4v) is 4.44. The molecular weight excluding hydrogens is 516 g/mol. The third-order valence-electron chi connectivity index (χ3n) is 6.24. The fraction of sp³-hybridized carbons (Fsp3) is 0.536. The molecule has 3 rings (SSSR count). The van der Waals surface area contributed by atoms with Crippen LogP contribution in [-0.2, 0) is 4.79 Å². The lowest BCUT2D eigenvalue weighted by Crippen LogP contribution is -2.39. The number of carbonyl (C=O) groups is 1. The zero-order valence-corrected chi connectivity index (χ0v) is 24.1. The van der Waals surface area contributed by atoms with Crippen LogP contribution in [0.4, 0.5) is 10.1 Å². The maximum atomic E-state index is 14.3. The molecule has 2 aromatic carbocycles. The van der Waals surface area contributed by atoms with Gasteiger partial charge in [-0.1, -0.05) is 63.0 Å². The molecule has 6 nitrogen and oxygen atoms in total. The van der Waals surface area contributed by atoms with E-state index in [1.807, 2.05) is 18.2 Å². The van der Waals surface area contributed by atoms with E-state index >= 15 is 0 Å². The van der Waals surface area contributed by atoms with Crippen molar-refractivity contribution < 1.29 is 19.4 Å². The minimum atomic E-state index is -0.505. The number of benzene rings is 2. The van der Waals surface area contributed by atoms with Gasteiger partial charge in [-0.3, -0.25) is 4.79 Å². The van der Waals surface area contributed by atoms with E-state index in [2.05, 4.69) is 51.3 Å². The highest BCUT2D eigenvalue weighted by molar-refractivity contribution is 6.31. The van der Waals surface area contributed by atoms with Crippen molar-refractivity contribution in [2.45, 2.75) is 84.0 Å². The van der Waals surface area contributed by atoms with Crippen LogP contribution >= 0.6 is 23.2 Å². The van der Waals surface area contributed by atoms with E-state index in [0.29, 0.717) is 28.7 Å². The number of nitrogens with one attached hydrogen (secondary N) is 2. The molecule has 9 heteroatoms. The molecule has 0 spiro atoms. The normalized spacial score (nSPS) is 19.1. The van der Waals surface area contributed by atoms with Gasteiger partial charge in [0.2, 0.25) is 6.41 Å². The minimum Gasteiger partial charge on any atom is -0.400 e. The van der Waals surface area contributed by atoms with Gasteiger partial charge in [-0.2, -0.15) is 0 Å². The van der Waals surface area contributed by atoms with Gasteiger partial charge >= 0.3 is 0 Å². The zero-order valence-electron chi connectivity index (χ0n) is 22.6. The van der Waals surface area contributed by atoms with Gasteiger partial charge in [0.1, 0.15) is 5.82 Å². The first kappa shape index (κ1) is 33.3. The van der Waals surface area contributed by atoms with Crippen LogP contribution in [0.3, 0.4) is 0 Å². The molecule has 1 fully saturated rings. The number of halogens is 3. The minimum absolute atomic E-state index is 0.0204. The first-order valence-corrected chi connectivity index (χ1v) is 13.1. The lowest BCUT2D eigenvalue weighted by Gasteiger charge is -2.33. The molecule has 0 aliphatic heterocycles. The Labute approximate surface area is 230 Å². The van der Waals surface area contributed by atoms with Crippen LogP contribution in [0.15, 0.2) is 36.4 Å². The molecule has 0 saturated heterocycles. The third-order valence-corrected chi connectivity index (χ3v) is 6.76. The zero-order chi connectivity index (χ0) is 28.3. The van der Waals surface area contributed by atoms with Crippen LogP contribution in [0.2, 0.25) is 10.0 Å². The summed E-state index contributed by atoms with van der Waals surface area (Å²) in [6.45, 7) is 10.6. The molecule has 37 heavy (non-hydrogen) atoms. The summed E-state index contributed by atoms with van der Waals surface area (Å²) in [7, 11) is 1.00. The molecule has 208 valence electrons. The molecule has 3 atom stereocenters. The maximum absolute atomic E-state index is 14.3. The van der Waals surface area contributed by atoms with Crippen molar-refractivity contribution in [3.8, 4) is 0 Å². The van der Waals surface area contributed by atoms with E-state index in [1.54, 1.807) is 0 Å². The van der Waals surface area contributed by atoms with Gasteiger partial charge < -0.3 is 26.6 Å². The van der Waals surface area contributed by atoms with Crippen molar-refractivity contribution >= 4 is 35.3 Å². The smallest absolute Gasteiger partial charge is 0.211 e. The summed E-state index contributed by atoms with van der Waals surface area (Å²) in [5.74, 6) is -0.329. The molecule has 0 radical (unpaired) electrons. The number of nitrogens with two attached hydrogens (primary N) is 1. The predicted molar refractivity (Wildman–Crippen MR) is 152 cm³/mol. The summed E-state index contributed by atoms with van der Waals surface area (Å²) in [5.41, 5.74) is 7.60. The molecule has 1 saturated carbocycles. The SMILES string of the molecule is CC(c1cccc(Cl)c1)[C@H](C)N[C@H](CC(C)(C)C)c1cc(F)c(Cl)cc1NC=O.CO.NC1CC(O)C1. The summed E-state index contributed by atoms with van der Waals surface area (Å²) in [6, 6.07) is 10.9. The Morgan fingerprint density at radius 3 is 2.24 bits per heavy atom. The van der Waals surface area contributed by atoms with Crippen LogP contribution < -0.4 is 16.4 Å². The number of rotatable bonds is 8. The number of aliphatic hydroxyl groups is 2. The van der Waals surface area contributed by atoms with Crippen LogP contribution in [0.25, 0.3) is 0 Å². The van der Waals surface area contributed by atoms with Crippen molar-refractivity contribution in [2.75, 3.05) is 12.4 Å². The summed E-state index contributed by atoms with van der Waals surface area (Å²) >= 11 is 12.1. The highest BCUT2D eigenvalue weighted by Crippen LogP contribution is 2.37. The van der Waals surface area contributed by atoms with Crippen LogP contribution in [0.5, 0.6) is 0 Å². The van der Waals surface area contributed by atoms with E-state index in [4.69, 9.17) is 39.1 Å². The lowest BCUT2D eigenvalue weighted by molar-refractivity contribution is -0.105. The summed E-state index contributed by atoms with van der Waals surface area (Å²) in [6.07, 6.45) is 2.85. The largest absolute Gasteiger partial charge is 0.400 e. The molecule has 1 aliphatic carbocycles. The van der Waals surface area contributed by atoms with Crippen LogP contribution in [-0.4, -0.2) is 41.9 Å². The topological polar surface area (TPSA) is 108 Å². The standard InChI is InChI=1S/C23H29Cl2FN2O.C4H9NO.CH4O/c1-14(16-7-6-8-17(24)9-16)15(2)28-22(12-23(3,4)5)18-10-20(26)19(25)11-21(18)27-13-29;5-3-1-4(6)2-3;1-2/h6-11,13-15,22,28H,12H2,1-5H3,(H,27,29);3-4,6H,1-2,5H2;2H,1H3/t14?,15-,22+;;/m0../s1. The maximum Gasteiger partial charge on any atom is 0.211 e. The molecule has 6 N–H and O–H groups in total. The molecule has 2 aromatic rings. The molecule has 1 unspecified atom stereocenters. The van der Waals surface area contributed by atoms with Crippen LogP contribution in [0, 0.1) is 11.2 Å². The van der Waals surface area contributed by atoms with E-state index in [1.165, 1.54) is 12.1 Å². The quantitative estimate of drug-likeness (QED) is 0.254. The average molecular weight is 559 g/mol. The molecular formula is C28H42Cl2FN3O3. The molecule has 1 aliphatic rings. The second-order valence-electron chi connectivity index (χ2n) is 10.6. The Balaban J connectivity index is 0.000000735. The van der Waals surface area contributed by atoms with Gasteiger partial charge in [-0.05, 0) is 72.9 Å². The van der Waals surface area contributed by atoms with Crippen LogP contribution in [0.1, 0.15) is 77.0 Å². The number of carbonyl (C=O) groups excluding carboxylic acids is 1. The number of hydrogen-bond donors (Lipinski definition) is 5. The Morgan fingerprint density at radius 2 is 1.78 bits per heavy atom. The van der Waals surface area contributed by atoms with Gasteiger partial charge in [0.25, 0.3) is 0 Å². The second kappa shape index (κ2) is 15.6. The highest BCUT2D eigenvalue weighted by atomic mass is 35.5. The number of anilines is 1. The molecule has 0 bridgehead atoms. The average Bonchev–Trinajstić information content (AvgIpc) is 2.80. The van der Waals surface area contributed by atoms with E-state index in [0.717, 1.165) is 31.9 Å². The van der Waals surface area contributed by atoms with Crippen molar-refractivity contribution in [2.24, 2.45) is 11.1 Å². The monoisotopic (exact) mass is 557 g/mol. The van der Waals surface area contributed by atoms with Crippen molar-refractivity contribution in [3.05, 3.63) is 63.4 Å². The van der Waals surface area contributed by atoms with Crippen molar-refractivity contribution in [3.63, 3.8) is 0 Å². The molecule has 0 aromatic heterocycles. The first-order chi connectivity index (χ1) is 17.3. The van der Waals surface area contributed by atoms with Gasteiger partial charge in [0.15, 0.2) is 0 Å². The highest BCUT2D eigenvalue weighted by Gasteiger charge is 2.27. The van der Waals surface area contributed by atoms with E-state index in [9.17, 15) is 9.18 Å². The number of aliphatic hydroxyl groups excluding tert-OH is 2. The van der Waals surface area contributed by atoms with Crippen molar-refractivity contribution in [1.29, 1.82) is 0 Å².